The number of aryl methyl sites for hydroxylation is 2. The molecule has 0 unspecified atom stereocenters. The minimum Gasteiger partial charge on any atom is -0.493 e. The molecule has 0 amide bonds. The maximum Gasteiger partial charge on any atom is 0.119 e. The highest BCUT2D eigenvalue weighted by Crippen LogP contribution is 2.24. The fourth-order valence-corrected chi connectivity index (χ4v) is 2.62. The van der Waals surface area contributed by atoms with Crippen LogP contribution in [0.2, 0.25) is 0 Å². The molecular weight excluding hydrogens is 254 g/mol. The van der Waals surface area contributed by atoms with E-state index in [1.54, 1.807) is 11.8 Å². The predicted molar refractivity (Wildman–Crippen MR) is 83.0 cm³/mol. The zero-order valence-electron chi connectivity index (χ0n) is 11.3. The summed E-state index contributed by atoms with van der Waals surface area (Å²) >= 11 is 1.78. The molecule has 2 rings (SSSR count). The van der Waals surface area contributed by atoms with Gasteiger partial charge in [0.1, 0.15) is 5.75 Å². The standard InChI is InChI=1S/C16H19NOS/c1-12-3-7-15(8-4-12)18-9-10-19-16-11-14(17)6-5-13(16)2/h3-8,11H,9-10,17H2,1-2H3. The van der Waals surface area contributed by atoms with E-state index in [9.17, 15) is 0 Å². The normalized spacial score (nSPS) is 10.4. The molecule has 0 radical (unpaired) electrons. The molecule has 0 aliphatic rings. The number of hydrogen-bond acceptors (Lipinski definition) is 3. The number of hydrogen-bond donors (Lipinski definition) is 1. The van der Waals surface area contributed by atoms with Crippen LogP contribution in [0.5, 0.6) is 5.75 Å². The van der Waals surface area contributed by atoms with Gasteiger partial charge in [0.25, 0.3) is 0 Å². The summed E-state index contributed by atoms with van der Waals surface area (Å²) in [6.07, 6.45) is 0. The Morgan fingerprint density at radius 2 is 1.79 bits per heavy atom. The van der Waals surface area contributed by atoms with Crippen LogP contribution in [0.3, 0.4) is 0 Å². The average Bonchev–Trinajstić information content (AvgIpc) is 2.40. The van der Waals surface area contributed by atoms with Crippen LogP contribution in [0, 0.1) is 13.8 Å². The van der Waals surface area contributed by atoms with Gasteiger partial charge in [-0.05, 0) is 43.7 Å². The maximum atomic E-state index is 5.79. The SMILES string of the molecule is Cc1ccc(OCCSc2cc(N)ccc2C)cc1. The van der Waals surface area contributed by atoms with Crippen molar-refractivity contribution < 1.29 is 4.74 Å². The molecule has 2 aromatic carbocycles. The molecule has 0 heterocycles. The van der Waals surface area contributed by atoms with Gasteiger partial charge in [0.2, 0.25) is 0 Å². The Kier molecular flexibility index (Phi) is 4.74. The molecule has 0 atom stereocenters. The molecule has 19 heavy (non-hydrogen) atoms. The van der Waals surface area contributed by atoms with Crippen LogP contribution in [-0.2, 0) is 0 Å². The highest BCUT2D eigenvalue weighted by atomic mass is 32.2. The maximum absolute atomic E-state index is 5.79. The lowest BCUT2D eigenvalue weighted by Crippen LogP contribution is -2.00. The van der Waals surface area contributed by atoms with Crippen LogP contribution in [0.1, 0.15) is 11.1 Å². The lowest BCUT2D eigenvalue weighted by atomic mass is 10.2. The monoisotopic (exact) mass is 273 g/mol. The van der Waals surface area contributed by atoms with E-state index in [4.69, 9.17) is 10.5 Å². The van der Waals surface area contributed by atoms with Crippen molar-refractivity contribution in [1.29, 1.82) is 0 Å². The van der Waals surface area contributed by atoms with Crippen molar-refractivity contribution in [3.63, 3.8) is 0 Å². The first kappa shape index (κ1) is 13.8. The second-order valence-electron chi connectivity index (χ2n) is 4.53. The summed E-state index contributed by atoms with van der Waals surface area (Å²) in [7, 11) is 0. The van der Waals surface area contributed by atoms with Gasteiger partial charge in [-0.3, -0.25) is 0 Å². The molecule has 0 saturated heterocycles. The molecule has 2 nitrogen and oxygen atoms in total. The molecule has 0 spiro atoms. The summed E-state index contributed by atoms with van der Waals surface area (Å²) in [6.45, 7) is 4.87. The second kappa shape index (κ2) is 6.53. The molecule has 0 aliphatic heterocycles. The van der Waals surface area contributed by atoms with Gasteiger partial charge in [-0.15, -0.1) is 11.8 Å². The number of nitrogen functional groups attached to an aromatic ring is 1. The summed E-state index contributed by atoms with van der Waals surface area (Å²) in [5, 5.41) is 0. The zero-order valence-corrected chi connectivity index (χ0v) is 12.2. The highest BCUT2D eigenvalue weighted by Gasteiger charge is 2.00. The quantitative estimate of drug-likeness (QED) is 0.507. The van der Waals surface area contributed by atoms with Crippen LogP contribution >= 0.6 is 11.8 Å². The van der Waals surface area contributed by atoms with Crippen molar-refractivity contribution >= 4 is 17.4 Å². The molecule has 0 aliphatic carbocycles. The molecule has 0 saturated carbocycles. The fraction of sp³-hybridized carbons (Fsp3) is 0.250. The minimum atomic E-state index is 0.696. The third kappa shape index (κ3) is 4.21. The summed E-state index contributed by atoms with van der Waals surface area (Å²) in [5.74, 6) is 1.84. The van der Waals surface area contributed by atoms with Gasteiger partial charge in [-0.1, -0.05) is 23.8 Å². The molecule has 0 fully saturated rings. The van der Waals surface area contributed by atoms with E-state index in [0.717, 1.165) is 17.2 Å². The van der Waals surface area contributed by atoms with E-state index in [1.807, 2.05) is 24.3 Å². The van der Waals surface area contributed by atoms with Crippen molar-refractivity contribution in [3.8, 4) is 5.75 Å². The van der Waals surface area contributed by atoms with Gasteiger partial charge < -0.3 is 10.5 Å². The smallest absolute Gasteiger partial charge is 0.119 e. The van der Waals surface area contributed by atoms with Gasteiger partial charge in [-0.25, -0.2) is 0 Å². The van der Waals surface area contributed by atoms with Crippen molar-refractivity contribution in [3.05, 3.63) is 53.6 Å². The van der Waals surface area contributed by atoms with E-state index in [2.05, 4.69) is 32.0 Å². The Balaban J connectivity index is 1.80. The Morgan fingerprint density at radius 1 is 1.05 bits per heavy atom. The van der Waals surface area contributed by atoms with Crippen LogP contribution in [0.15, 0.2) is 47.4 Å². The van der Waals surface area contributed by atoms with Crippen LogP contribution in [0.4, 0.5) is 5.69 Å². The number of anilines is 1. The summed E-state index contributed by atoms with van der Waals surface area (Å²) < 4.78 is 5.70. The Hall–Kier alpha value is -1.61. The first-order valence-electron chi connectivity index (χ1n) is 6.33. The van der Waals surface area contributed by atoms with Gasteiger partial charge in [0.15, 0.2) is 0 Å². The zero-order chi connectivity index (χ0) is 13.7. The van der Waals surface area contributed by atoms with E-state index in [1.165, 1.54) is 16.0 Å². The number of ether oxygens (including phenoxy) is 1. The lowest BCUT2D eigenvalue weighted by molar-refractivity contribution is 0.344. The average molecular weight is 273 g/mol. The van der Waals surface area contributed by atoms with E-state index in [0.29, 0.717) is 6.61 Å². The van der Waals surface area contributed by atoms with Gasteiger partial charge in [0.05, 0.1) is 6.61 Å². The van der Waals surface area contributed by atoms with Gasteiger partial charge in [-0.2, -0.15) is 0 Å². The molecule has 3 heteroatoms. The Morgan fingerprint density at radius 3 is 2.53 bits per heavy atom. The first-order valence-corrected chi connectivity index (χ1v) is 7.32. The fourth-order valence-electron chi connectivity index (χ4n) is 1.72. The molecule has 2 N–H and O–H groups in total. The summed E-state index contributed by atoms with van der Waals surface area (Å²) in [4.78, 5) is 1.23. The van der Waals surface area contributed by atoms with Crippen molar-refractivity contribution in [1.82, 2.24) is 0 Å². The summed E-state index contributed by atoms with van der Waals surface area (Å²) in [6, 6.07) is 14.1. The molecule has 0 aromatic heterocycles. The predicted octanol–water partition coefficient (Wildman–Crippen LogP) is 4.06. The van der Waals surface area contributed by atoms with Crippen molar-refractivity contribution in [2.45, 2.75) is 18.7 Å². The van der Waals surface area contributed by atoms with E-state index < -0.39 is 0 Å². The van der Waals surface area contributed by atoms with E-state index in [-0.39, 0.29) is 0 Å². The Bertz CT molecular complexity index is 537. The van der Waals surface area contributed by atoms with Crippen LogP contribution in [0.25, 0.3) is 0 Å². The largest absolute Gasteiger partial charge is 0.493 e. The van der Waals surface area contributed by atoms with Gasteiger partial charge in [0, 0.05) is 16.3 Å². The molecule has 2 aromatic rings. The topological polar surface area (TPSA) is 35.2 Å². The highest BCUT2D eigenvalue weighted by molar-refractivity contribution is 7.99. The number of nitrogens with two attached hydrogens (primary N) is 1. The third-order valence-corrected chi connectivity index (χ3v) is 3.96. The third-order valence-electron chi connectivity index (χ3n) is 2.84. The van der Waals surface area contributed by atoms with Gasteiger partial charge >= 0.3 is 0 Å². The van der Waals surface area contributed by atoms with Crippen molar-refractivity contribution in [2.24, 2.45) is 0 Å². The number of thioether (sulfide) groups is 1. The van der Waals surface area contributed by atoms with E-state index >= 15 is 0 Å². The minimum absolute atomic E-state index is 0.696. The second-order valence-corrected chi connectivity index (χ2v) is 5.67. The van der Waals surface area contributed by atoms with Crippen LogP contribution < -0.4 is 10.5 Å². The van der Waals surface area contributed by atoms with Crippen molar-refractivity contribution in [2.75, 3.05) is 18.1 Å². The Labute approximate surface area is 119 Å². The number of benzene rings is 2. The lowest BCUT2D eigenvalue weighted by Gasteiger charge is -2.08. The first-order chi connectivity index (χ1) is 9.15. The van der Waals surface area contributed by atoms with Crippen LogP contribution in [-0.4, -0.2) is 12.4 Å². The summed E-state index contributed by atoms with van der Waals surface area (Å²) in [5.41, 5.74) is 9.11. The molecule has 100 valence electrons. The molecule has 0 bridgehead atoms. The number of rotatable bonds is 5. The molecular formula is C16H19NOS.